The molecule has 0 saturated heterocycles. The number of rotatable bonds is 1. The molecule has 0 unspecified atom stereocenters. The predicted octanol–water partition coefficient (Wildman–Crippen LogP) is 2.13. The van der Waals surface area contributed by atoms with Crippen molar-refractivity contribution < 1.29 is 0 Å². The summed E-state index contributed by atoms with van der Waals surface area (Å²) in [5, 5.41) is 0.0337. The average molecular weight is 207 g/mol. The first-order valence-corrected chi connectivity index (χ1v) is 4.21. The summed E-state index contributed by atoms with van der Waals surface area (Å²) in [7, 11) is 0. The predicted molar refractivity (Wildman–Crippen MR) is 48.9 cm³/mol. The maximum absolute atomic E-state index is 11.3. The summed E-state index contributed by atoms with van der Waals surface area (Å²) in [5.41, 5.74) is -0.299. The Morgan fingerprint density at radius 1 is 1.50 bits per heavy atom. The Balaban J connectivity index is 3.37. The zero-order chi connectivity index (χ0) is 9.30. The third-order valence-electron chi connectivity index (χ3n) is 1.46. The monoisotopic (exact) mass is 206 g/mol. The maximum atomic E-state index is 11.3. The molecule has 0 saturated carbocycles. The van der Waals surface area contributed by atoms with Crippen LogP contribution in [0.1, 0.15) is 19.9 Å². The van der Waals surface area contributed by atoms with Gasteiger partial charge >= 0.3 is 0 Å². The number of halogens is 2. The Labute approximate surface area is 79.9 Å². The lowest BCUT2D eigenvalue weighted by atomic mass is 10.4. The molecule has 0 bridgehead atoms. The van der Waals surface area contributed by atoms with Crippen LogP contribution < -0.4 is 5.56 Å². The highest BCUT2D eigenvalue weighted by atomic mass is 35.5. The number of hydrogen-bond donors (Lipinski definition) is 0. The van der Waals surface area contributed by atoms with Crippen LogP contribution in [0.2, 0.25) is 10.2 Å². The van der Waals surface area contributed by atoms with E-state index in [1.807, 2.05) is 13.8 Å². The van der Waals surface area contributed by atoms with Gasteiger partial charge < -0.3 is 0 Å². The molecule has 1 aromatic rings. The van der Waals surface area contributed by atoms with Crippen LogP contribution in [0.25, 0.3) is 0 Å². The zero-order valence-corrected chi connectivity index (χ0v) is 8.23. The van der Waals surface area contributed by atoms with Crippen LogP contribution in [-0.2, 0) is 0 Å². The van der Waals surface area contributed by atoms with E-state index in [1.165, 1.54) is 10.9 Å². The lowest BCUT2D eigenvalue weighted by molar-refractivity contribution is 0.568. The number of nitrogens with zero attached hydrogens (tertiary/aromatic N) is 2. The van der Waals surface area contributed by atoms with Crippen LogP contribution in [0.4, 0.5) is 0 Å². The molecule has 0 fully saturated rings. The average Bonchev–Trinajstić information content (AvgIpc) is 2.00. The van der Waals surface area contributed by atoms with Gasteiger partial charge in [-0.1, -0.05) is 23.2 Å². The van der Waals surface area contributed by atoms with Gasteiger partial charge in [0.25, 0.3) is 5.56 Å². The Bertz CT molecular complexity index is 346. The smallest absolute Gasteiger partial charge is 0.273 e. The van der Waals surface area contributed by atoms with Crippen LogP contribution >= 0.6 is 23.2 Å². The van der Waals surface area contributed by atoms with Crippen molar-refractivity contribution in [3.05, 3.63) is 26.9 Å². The largest absolute Gasteiger partial charge is 0.295 e. The van der Waals surface area contributed by atoms with E-state index in [-0.39, 0.29) is 21.8 Å². The molecule has 5 heteroatoms. The van der Waals surface area contributed by atoms with E-state index >= 15 is 0 Å². The summed E-state index contributed by atoms with van der Waals surface area (Å²) in [5.74, 6) is 0. The van der Waals surface area contributed by atoms with Gasteiger partial charge in [0.15, 0.2) is 5.15 Å². The molecule has 66 valence electrons. The van der Waals surface area contributed by atoms with E-state index in [4.69, 9.17) is 23.2 Å². The fourth-order valence-electron chi connectivity index (χ4n) is 0.791. The molecule has 0 aliphatic carbocycles. The molecule has 3 nitrogen and oxygen atoms in total. The minimum atomic E-state index is -0.299. The standard InChI is InChI=1S/C7H8Cl2N2O/c1-4(2)11-3-10-6(9)5(8)7(11)12/h3-4H,1-2H3. The Hall–Kier alpha value is -0.540. The minimum Gasteiger partial charge on any atom is -0.295 e. The lowest BCUT2D eigenvalue weighted by Crippen LogP contribution is -2.22. The second kappa shape index (κ2) is 3.46. The topological polar surface area (TPSA) is 34.9 Å². The van der Waals surface area contributed by atoms with Gasteiger partial charge in [-0.15, -0.1) is 0 Å². The molecule has 1 aromatic heterocycles. The third-order valence-corrected chi connectivity index (χ3v) is 2.18. The highest BCUT2D eigenvalue weighted by molar-refractivity contribution is 6.40. The highest BCUT2D eigenvalue weighted by Gasteiger charge is 2.08. The molecule has 0 aliphatic rings. The fraction of sp³-hybridized carbons (Fsp3) is 0.429. The van der Waals surface area contributed by atoms with E-state index in [0.29, 0.717) is 0 Å². The SMILES string of the molecule is CC(C)n1cnc(Cl)c(Cl)c1=O. The Morgan fingerprint density at radius 3 is 2.58 bits per heavy atom. The second-order valence-electron chi connectivity index (χ2n) is 2.66. The molecule has 0 spiro atoms. The molecule has 0 amide bonds. The van der Waals surface area contributed by atoms with Gasteiger partial charge in [0.1, 0.15) is 5.02 Å². The van der Waals surface area contributed by atoms with Crippen molar-refractivity contribution in [3.63, 3.8) is 0 Å². The second-order valence-corrected chi connectivity index (χ2v) is 3.39. The van der Waals surface area contributed by atoms with E-state index in [2.05, 4.69) is 4.98 Å². The van der Waals surface area contributed by atoms with Gasteiger partial charge in [-0.25, -0.2) is 4.98 Å². The molecule has 0 N–H and O–H groups in total. The molecule has 1 rings (SSSR count). The first-order valence-electron chi connectivity index (χ1n) is 3.46. The normalized spacial score (nSPS) is 10.8. The van der Waals surface area contributed by atoms with Crippen molar-refractivity contribution in [2.24, 2.45) is 0 Å². The molecule has 12 heavy (non-hydrogen) atoms. The molecule has 0 aromatic carbocycles. The van der Waals surface area contributed by atoms with Crippen molar-refractivity contribution in [1.29, 1.82) is 0 Å². The summed E-state index contributed by atoms with van der Waals surface area (Å²) in [4.78, 5) is 15.1. The summed E-state index contributed by atoms with van der Waals surface area (Å²) < 4.78 is 1.42. The number of aromatic nitrogens is 2. The van der Waals surface area contributed by atoms with E-state index in [9.17, 15) is 4.79 Å². The first-order chi connectivity index (χ1) is 5.54. The Morgan fingerprint density at radius 2 is 2.08 bits per heavy atom. The molecule has 1 heterocycles. The molecular weight excluding hydrogens is 199 g/mol. The molecule has 0 radical (unpaired) electrons. The van der Waals surface area contributed by atoms with Gasteiger partial charge in [-0.2, -0.15) is 0 Å². The van der Waals surface area contributed by atoms with Gasteiger partial charge in [-0.3, -0.25) is 9.36 Å². The summed E-state index contributed by atoms with van der Waals surface area (Å²) in [6.45, 7) is 3.74. The van der Waals surface area contributed by atoms with Gasteiger partial charge in [0, 0.05) is 6.04 Å². The number of hydrogen-bond acceptors (Lipinski definition) is 2. The van der Waals surface area contributed by atoms with E-state index < -0.39 is 0 Å². The van der Waals surface area contributed by atoms with E-state index in [0.717, 1.165) is 0 Å². The van der Waals surface area contributed by atoms with Crippen molar-refractivity contribution in [3.8, 4) is 0 Å². The van der Waals surface area contributed by atoms with Crippen molar-refractivity contribution in [1.82, 2.24) is 9.55 Å². The third kappa shape index (κ3) is 1.62. The van der Waals surface area contributed by atoms with E-state index in [1.54, 1.807) is 0 Å². The maximum Gasteiger partial charge on any atom is 0.273 e. The van der Waals surface area contributed by atoms with Crippen molar-refractivity contribution >= 4 is 23.2 Å². The zero-order valence-electron chi connectivity index (χ0n) is 6.71. The lowest BCUT2D eigenvalue weighted by Gasteiger charge is -2.08. The first kappa shape index (κ1) is 9.55. The van der Waals surface area contributed by atoms with Crippen LogP contribution in [-0.4, -0.2) is 9.55 Å². The van der Waals surface area contributed by atoms with Gasteiger partial charge in [-0.05, 0) is 13.8 Å². The van der Waals surface area contributed by atoms with Crippen LogP contribution in [0.15, 0.2) is 11.1 Å². The summed E-state index contributed by atoms with van der Waals surface area (Å²) >= 11 is 11.1. The fourth-order valence-corrected chi connectivity index (χ4v) is 1.06. The molecule has 0 aliphatic heterocycles. The highest BCUT2D eigenvalue weighted by Crippen LogP contribution is 2.13. The molecular formula is C7H8Cl2N2O. The summed E-state index contributed by atoms with van der Waals surface area (Å²) in [6.07, 6.45) is 1.39. The van der Waals surface area contributed by atoms with Crippen LogP contribution in [0.5, 0.6) is 0 Å². The minimum absolute atomic E-state index is 0.0205. The quantitative estimate of drug-likeness (QED) is 0.661. The van der Waals surface area contributed by atoms with Crippen molar-refractivity contribution in [2.75, 3.05) is 0 Å². The summed E-state index contributed by atoms with van der Waals surface area (Å²) in [6, 6.07) is 0.0415. The van der Waals surface area contributed by atoms with Gasteiger partial charge in [0.05, 0.1) is 6.33 Å². The Kier molecular flexibility index (Phi) is 2.75. The molecule has 0 atom stereocenters. The van der Waals surface area contributed by atoms with Crippen LogP contribution in [0.3, 0.4) is 0 Å². The van der Waals surface area contributed by atoms with Crippen molar-refractivity contribution in [2.45, 2.75) is 19.9 Å². The van der Waals surface area contributed by atoms with Gasteiger partial charge in [0.2, 0.25) is 0 Å². The van der Waals surface area contributed by atoms with Crippen LogP contribution in [0, 0.1) is 0 Å².